The van der Waals surface area contributed by atoms with E-state index in [1.54, 1.807) is 13.0 Å². The second kappa shape index (κ2) is 15.8. The summed E-state index contributed by atoms with van der Waals surface area (Å²) >= 11 is 0. The Morgan fingerprint density at radius 1 is 0.951 bits per heavy atom. The van der Waals surface area contributed by atoms with Crippen LogP contribution in [0.2, 0.25) is 0 Å². The molecule has 0 aliphatic heterocycles. The number of ether oxygens (including phenoxy) is 1. The number of rotatable bonds is 18. The van der Waals surface area contributed by atoms with Crippen molar-refractivity contribution >= 4 is 11.8 Å². The molecule has 3 aromatic rings. The zero-order chi connectivity index (χ0) is 29.7. The van der Waals surface area contributed by atoms with Gasteiger partial charge < -0.3 is 15.2 Å². The molecule has 3 rings (SSSR count). The van der Waals surface area contributed by atoms with Gasteiger partial charge in [0.25, 0.3) is 5.56 Å². The summed E-state index contributed by atoms with van der Waals surface area (Å²) in [6.45, 7) is 6.82. The minimum absolute atomic E-state index is 0.169. The van der Waals surface area contributed by atoms with E-state index in [9.17, 15) is 19.5 Å². The molecule has 9 nitrogen and oxygen atoms in total. The molecule has 0 bridgehead atoms. The highest BCUT2D eigenvalue weighted by Gasteiger charge is 2.34. The maximum atomic E-state index is 13.3. The first-order valence-corrected chi connectivity index (χ1v) is 14.8. The van der Waals surface area contributed by atoms with Crippen LogP contribution < -0.4 is 21.3 Å². The summed E-state index contributed by atoms with van der Waals surface area (Å²) in [5.74, 6) is -0.296. The molecule has 0 aliphatic carbocycles. The Hall–Kier alpha value is -3.88. The highest BCUT2D eigenvalue weighted by atomic mass is 16.5. The van der Waals surface area contributed by atoms with Crippen LogP contribution in [-0.4, -0.2) is 37.6 Å². The quantitative estimate of drug-likeness (QED) is 0.196. The van der Waals surface area contributed by atoms with Gasteiger partial charge in [0.2, 0.25) is 11.4 Å². The number of benzene rings is 2. The summed E-state index contributed by atoms with van der Waals surface area (Å²) in [5, 5.41) is 17.2. The van der Waals surface area contributed by atoms with Crippen molar-refractivity contribution in [2.24, 2.45) is 0 Å². The molecule has 0 aliphatic rings. The Morgan fingerprint density at radius 3 is 2.39 bits per heavy atom. The van der Waals surface area contributed by atoms with Gasteiger partial charge >= 0.3 is 11.7 Å². The lowest BCUT2D eigenvalue weighted by molar-refractivity contribution is -0.154. The molecule has 0 fully saturated rings. The normalized spacial score (nSPS) is 12.6. The molecule has 2 aromatic carbocycles. The highest BCUT2D eigenvalue weighted by Crippen LogP contribution is 2.24. The number of nitrogens with one attached hydrogen (secondary N) is 1. The number of anilines is 1. The fourth-order valence-electron chi connectivity index (χ4n) is 4.79. The largest absolute Gasteiger partial charge is 0.478 e. The second-order valence-corrected chi connectivity index (χ2v) is 10.7. The number of hydrogen-bond acceptors (Lipinski definition) is 6. The van der Waals surface area contributed by atoms with Gasteiger partial charge in [-0.05, 0) is 55.9 Å². The molecular formula is C32H44N4O5. The monoisotopic (exact) mass is 564 g/mol. The number of carboxylic acid groups (broad SMARTS) is 1. The van der Waals surface area contributed by atoms with E-state index in [1.165, 1.54) is 9.25 Å². The molecule has 1 heterocycles. The summed E-state index contributed by atoms with van der Waals surface area (Å²) in [4.78, 5) is 38.2. The lowest BCUT2D eigenvalue weighted by Crippen LogP contribution is -2.43. The molecule has 0 radical (unpaired) electrons. The van der Waals surface area contributed by atoms with Crippen molar-refractivity contribution in [3.63, 3.8) is 0 Å². The van der Waals surface area contributed by atoms with Crippen LogP contribution in [0, 0.1) is 0 Å². The summed E-state index contributed by atoms with van der Waals surface area (Å²) in [5.41, 5.74) is -0.230. The topological polar surface area (TPSA) is 115 Å². The van der Waals surface area contributed by atoms with E-state index < -0.39 is 22.8 Å². The molecule has 2 N–H and O–H groups in total. The zero-order valence-electron chi connectivity index (χ0n) is 24.6. The third-order valence-corrected chi connectivity index (χ3v) is 7.13. The minimum atomic E-state index is -1.28. The van der Waals surface area contributed by atoms with E-state index in [4.69, 9.17) is 4.74 Å². The van der Waals surface area contributed by atoms with E-state index in [1.807, 2.05) is 55.5 Å². The lowest BCUT2D eigenvalue weighted by atomic mass is 10.0. The average Bonchev–Trinajstić information content (AvgIpc) is 2.96. The Balaban J connectivity index is 1.69. The fraction of sp³-hybridized carbons (Fsp3) is 0.500. The number of aryl methyl sites for hydroxylation is 2. The first kappa shape index (κ1) is 31.6. The summed E-state index contributed by atoms with van der Waals surface area (Å²) in [6, 6.07) is 16.9. The molecule has 0 saturated heterocycles. The van der Waals surface area contributed by atoms with E-state index in [0.717, 1.165) is 43.2 Å². The Kier molecular flexibility index (Phi) is 12.2. The van der Waals surface area contributed by atoms with Crippen LogP contribution in [0.4, 0.5) is 5.82 Å². The maximum Gasteiger partial charge on any atom is 0.347 e. The molecular weight excluding hydrogens is 520 g/mol. The van der Waals surface area contributed by atoms with Gasteiger partial charge in [-0.25, -0.2) is 14.3 Å². The molecule has 41 heavy (non-hydrogen) atoms. The van der Waals surface area contributed by atoms with Crippen LogP contribution in [0.3, 0.4) is 0 Å². The van der Waals surface area contributed by atoms with Crippen LogP contribution in [-0.2, 0) is 24.3 Å². The number of aliphatic carboxylic acids is 1. The Bertz CT molecular complexity index is 1370. The van der Waals surface area contributed by atoms with Gasteiger partial charge in [0.05, 0.1) is 6.54 Å². The van der Waals surface area contributed by atoms with E-state index in [-0.39, 0.29) is 12.4 Å². The third kappa shape index (κ3) is 9.33. The summed E-state index contributed by atoms with van der Waals surface area (Å²) in [6.07, 6.45) is 7.75. The molecule has 1 unspecified atom stereocenters. The van der Waals surface area contributed by atoms with Crippen molar-refractivity contribution in [1.29, 1.82) is 0 Å². The van der Waals surface area contributed by atoms with Gasteiger partial charge in [0.1, 0.15) is 5.75 Å². The molecule has 1 aromatic heterocycles. The molecule has 1 atom stereocenters. The van der Waals surface area contributed by atoms with Crippen molar-refractivity contribution in [3.05, 3.63) is 86.6 Å². The van der Waals surface area contributed by atoms with Crippen LogP contribution in [0.5, 0.6) is 5.75 Å². The van der Waals surface area contributed by atoms with Crippen molar-refractivity contribution < 1.29 is 14.6 Å². The number of carboxylic acids is 1. The molecule has 9 heteroatoms. The van der Waals surface area contributed by atoms with Crippen LogP contribution in [0.15, 0.2) is 64.2 Å². The van der Waals surface area contributed by atoms with Gasteiger partial charge in [-0.1, -0.05) is 88.4 Å². The van der Waals surface area contributed by atoms with Crippen LogP contribution in [0.1, 0.15) is 83.3 Å². The number of hydrogen-bond donors (Lipinski definition) is 2. The van der Waals surface area contributed by atoms with Crippen molar-refractivity contribution in [1.82, 2.24) is 14.3 Å². The maximum absolute atomic E-state index is 13.3. The molecule has 222 valence electrons. The molecule has 0 amide bonds. The lowest BCUT2D eigenvalue weighted by Gasteiger charge is -2.26. The predicted octanol–water partition coefficient (Wildman–Crippen LogP) is 5.49. The number of aromatic nitrogens is 3. The SMILES string of the molecule is CCCCCCCn1nc(NCCCc2cccc(OC(C)(CCC)C(=O)O)c2)c(=O)n(Cc2ccccc2)c1=O. The first-order valence-electron chi connectivity index (χ1n) is 14.8. The number of unbranched alkanes of at least 4 members (excludes halogenated alkanes) is 4. The van der Waals surface area contributed by atoms with Gasteiger partial charge in [-0.2, -0.15) is 0 Å². The Morgan fingerprint density at radius 2 is 1.68 bits per heavy atom. The van der Waals surface area contributed by atoms with Crippen LogP contribution >= 0.6 is 0 Å². The average molecular weight is 565 g/mol. The molecule has 0 spiro atoms. The smallest absolute Gasteiger partial charge is 0.347 e. The van der Waals surface area contributed by atoms with Gasteiger partial charge in [-0.15, -0.1) is 5.10 Å². The van der Waals surface area contributed by atoms with Crippen molar-refractivity contribution in [3.8, 4) is 5.75 Å². The Labute approximate surface area is 242 Å². The molecule has 0 saturated carbocycles. The number of carbonyl (C=O) groups is 1. The minimum Gasteiger partial charge on any atom is -0.478 e. The van der Waals surface area contributed by atoms with E-state index in [2.05, 4.69) is 17.3 Å². The van der Waals surface area contributed by atoms with Crippen LogP contribution in [0.25, 0.3) is 0 Å². The highest BCUT2D eigenvalue weighted by molar-refractivity contribution is 5.77. The summed E-state index contributed by atoms with van der Waals surface area (Å²) < 4.78 is 8.54. The zero-order valence-corrected chi connectivity index (χ0v) is 24.6. The number of nitrogens with zero attached hydrogens (tertiary/aromatic N) is 3. The van der Waals surface area contributed by atoms with Gasteiger partial charge in [0.15, 0.2) is 0 Å². The van der Waals surface area contributed by atoms with Crippen molar-refractivity contribution in [2.45, 2.75) is 97.2 Å². The first-order chi connectivity index (χ1) is 19.8. The third-order valence-electron chi connectivity index (χ3n) is 7.13. The summed E-state index contributed by atoms with van der Waals surface area (Å²) in [7, 11) is 0. The van der Waals surface area contributed by atoms with Gasteiger partial charge in [-0.3, -0.25) is 9.36 Å². The van der Waals surface area contributed by atoms with Crippen molar-refractivity contribution in [2.75, 3.05) is 11.9 Å². The second-order valence-electron chi connectivity index (χ2n) is 10.7. The van der Waals surface area contributed by atoms with E-state index in [0.29, 0.717) is 44.5 Å². The van der Waals surface area contributed by atoms with Gasteiger partial charge in [0, 0.05) is 13.1 Å². The fourth-order valence-corrected chi connectivity index (χ4v) is 4.79. The standard InChI is InChI=1S/C32H44N4O5/c1-4-6-7-8-12-22-36-31(40)35(24-26-15-10-9-11-16-26)29(37)28(34-36)33-21-14-18-25-17-13-19-27(23-25)41-32(3,20-5-2)30(38)39/h9-11,13,15-17,19,23H,4-8,12,14,18,20-22,24H2,1-3H3,(H,33,34)(H,38,39). The predicted molar refractivity (Wildman–Crippen MR) is 162 cm³/mol. The van der Waals surface area contributed by atoms with E-state index >= 15 is 0 Å².